The molecule has 0 aliphatic heterocycles. The molecule has 10 rings (SSSR count). The van der Waals surface area contributed by atoms with E-state index in [1.165, 1.54) is 99.1 Å². The molecule has 0 N–H and O–H groups in total. The molecule has 0 radical (unpaired) electrons. The molecule has 0 amide bonds. The third-order valence-electron chi connectivity index (χ3n) is 11.4. The van der Waals surface area contributed by atoms with Crippen molar-refractivity contribution in [3.8, 4) is 44.5 Å². The summed E-state index contributed by atoms with van der Waals surface area (Å²) in [5, 5.41) is 7.98. The van der Waals surface area contributed by atoms with Crippen LogP contribution in [0.3, 0.4) is 0 Å². The van der Waals surface area contributed by atoms with E-state index >= 15 is 0 Å². The molecule has 0 saturated heterocycles. The first kappa shape index (κ1) is 26.1. The Kier molecular flexibility index (Phi) is 4.95. The number of hydrogen-bond acceptors (Lipinski definition) is 0. The lowest BCUT2D eigenvalue weighted by molar-refractivity contribution is 0.639. The number of rotatable bonds is 2. The predicted octanol–water partition coefficient (Wildman–Crippen LogP) is 12.5. The molecule has 0 spiro atoms. The van der Waals surface area contributed by atoms with Gasteiger partial charge in [0.2, 0.25) is 0 Å². The fourth-order valence-corrected chi connectivity index (χ4v) is 9.02. The first-order valence-corrected chi connectivity index (χ1v) is 16.5. The number of fused-ring (bicyclic) bond motifs is 6. The summed E-state index contributed by atoms with van der Waals surface area (Å²) < 4.78 is 0. The van der Waals surface area contributed by atoms with Crippen LogP contribution in [-0.2, 0) is 10.8 Å². The van der Waals surface area contributed by atoms with Crippen LogP contribution < -0.4 is 0 Å². The van der Waals surface area contributed by atoms with E-state index in [0.29, 0.717) is 0 Å². The van der Waals surface area contributed by atoms with Gasteiger partial charge in [-0.05, 0) is 111 Å². The lowest BCUT2D eigenvalue weighted by Crippen LogP contribution is -2.18. The van der Waals surface area contributed by atoms with Crippen LogP contribution in [0.5, 0.6) is 0 Å². The maximum Gasteiger partial charge on any atom is 0.0159 e. The molecule has 0 heteroatoms. The molecular formula is C46H34. The molecule has 0 saturated carbocycles. The van der Waals surface area contributed by atoms with Crippen molar-refractivity contribution in [1.82, 2.24) is 0 Å². The van der Waals surface area contributed by atoms with Gasteiger partial charge in [0, 0.05) is 10.8 Å². The standard InChI is InChI=1S/C46H34/c1-45(2)39-13-9-8-12-33(39)37-25-38-34-21-18-30(24-40(34)46(3,4)42(38)26-41(37)45)32-20-15-29-16-22-35-31(27-10-6-5-7-11-27)19-14-28-17-23-36(32)44(29)43(28)35/h5-26H,1-4H3. The van der Waals surface area contributed by atoms with Gasteiger partial charge in [-0.2, -0.15) is 0 Å². The summed E-state index contributed by atoms with van der Waals surface area (Å²) >= 11 is 0. The van der Waals surface area contributed by atoms with E-state index in [2.05, 4.69) is 161 Å². The quantitative estimate of drug-likeness (QED) is 0.177. The highest BCUT2D eigenvalue weighted by atomic mass is 14.4. The van der Waals surface area contributed by atoms with Gasteiger partial charge in [0.15, 0.2) is 0 Å². The molecule has 8 aromatic carbocycles. The summed E-state index contributed by atoms with van der Waals surface area (Å²) in [6.45, 7) is 9.60. The van der Waals surface area contributed by atoms with Crippen molar-refractivity contribution in [3.05, 3.63) is 156 Å². The van der Waals surface area contributed by atoms with E-state index in [9.17, 15) is 0 Å². The van der Waals surface area contributed by atoms with Gasteiger partial charge in [0.1, 0.15) is 0 Å². The van der Waals surface area contributed by atoms with E-state index < -0.39 is 0 Å². The minimum Gasteiger partial charge on any atom is -0.0622 e. The van der Waals surface area contributed by atoms with Crippen LogP contribution in [-0.4, -0.2) is 0 Å². The molecule has 0 heterocycles. The van der Waals surface area contributed by atoms with Crippen LogP contribution >= 0.6 is 0 Å². The molecule has 0 bridgehead atoms. The fraction of sp³-hybridized carbons (Fsp3) is 0.130. The third kappa shape index (κ3) is 3.24. The van der Waals surface area contributed by atoms with Gasteiger partial charge >= 0.3 is 0 Å². The SMILES string of the molecule is CC1(C)c2ccccc2-c2cc3c(cc21)C(C)(C)c1cc(-c2ccc4ccc5c(-c6ccccc6)ccc6ccc2c4c65)ccc1-3. The highest BCUT2D eigenvalue weighted by Crippen LogP contribution is 2.56. The molecule has 0 atom stereocenters. The van der Waals surface area contributed by atoms with Crippen molar-refractivity contribution < 1.29 is 0 Å². The summed E-state index contributed by atoms with van der Waals surface area (Å²) in [6.07, 6.45) is 0. The zero-order valence-electron chi connectivity index (χ0n) is 26.7. The molecule has 2 aliphatic carbocycles. The number of benzene rings is 8. The van der Waals surface area contributed by atoms with E-state index in [1.54, 1.807) is 0 Å². The molecule has 0 aromatic heterocycles. The smallest absolute Gasteiger partial charge is 0.0159 e. The Hall–Kier alpha value is -5.20. The maximum atomic E-state index is 2.53. The Labute approximate surface area is 270 Å². The molecule has 0 fully saturated rings. The minimum atomic E-state index is -0.0884. The van der Waals surface area contributed by atoms with Crippen LogP contribution in [0.4, 0.5) is 0 Å². The van der Waals surface area contributed by atoms with Crippen LogP contribution in [0, 0.1) is 0 Å². The van der Waals surface area contributed by atoms with Gasteiger partial charge in [-0.25, -0.2) is 0 Å². The lowest BCUT2D eigenvalue weighted by Gasteiger charge is -2.26. The van der Waals surface area contributed by atoms with Crippen LogP contribution in [0.1, 0.15) is 49.9 Å². The van der Waals surface area contributed by atoms with E-state index in [1.807, 2.05) is 0 Å². The van der Waals surface area contributed by atoms with Gasteiger partial charge in [-0.3, -0.25) is 0 Å². The van der Waals surface area contributed by atoms with Crippen LogP contribution in [0.15, 0.2) is 133 Å². The Bertz CT molecular complexity index is 2560. The fourth-order valence-electron chi connectivity index (χ4n) is 9.02. The van der Waals surface area contributed by atoms with Gasteiger partial charge in [-0.1, -0.05) is 149 Å². The van der Waals surface area contributed by atoms with Crippen molar-refractivity contribution in [2.75, 3.05) is 0 Å². The van der Waals surface area contributed by atoms with Gasteiger partial charge in [0.05, 0.1) is 0 Å². The minimum absolute atomic E-state index is 0.000926. The Morgan fingerprint density at radius 2 is 0.826 bits per heavy atom. The molecule has 0 nitrogen and oxygen atoms in total. The van der Waals surface area contributed by atoms with Crippen LogP contribution in [0.2, 0.25) is 0 Å². The molecule has 46 heavy (non-hydrogen) atoms. The average Bonchev–Trinajstić information content (AvgIpc) is 3.45. The Balaban J connectivity index is 1.17. The lowest BCUT2D eigenvalue weighted by atomic mass is 9.77. The first-order chi connectivity index (χ1) is 22.3. The summed E-state index contributed by atoms with van der Waals surface area (Å²) in [4.78, 5) is 0. The van der Waals surface area contributed by atoms with Crippen LogP contribution in [0.25, 0.3) is 76.8 Å². The van der Waals surface area contributed by atoms with Crippen molar-refractivity contribution in [2.45, 2.75) is 38.5 Å². The third-order valence-corrected chi connectivity index (χ3v) is 11.4. The van der Waals surface area contributed by atoms with E-state index in [4.69, 9.17) is 0 Å². The topological polar surface area (TPSA) is 0 Å². The Morgan fingerprint density at radius 3 is 1.50 bits per heavy atom. The first-order valence-electron chi connectivity index (χ1n) is 16.5. The van der Waals surface area contributed by atoms with E-state index in [0.717, 1.165) is 0 Å². The predicted molar refractivity (Wildman–Crippen MR) is 196 cm³/mol. The van der Waals surface area contributed by atoms with Gasteiger partial charge in [-0.15, -0.1) is 0 Å². The van der Waals surface area contributed by atoms with Crippen molar-refractivity contribution in [3.63, 3.8) is 0 Å². The second-order valence-electron chi connectivity index (χ2n) is 14.5. The van der Waals surface area contributed by atoms with Crippen molar-refractivity contribution in [2.24, 2.45) is 0 Å². The summed E-state index contributed by atoms with van der Waals surface area (Å²) in [5.41, 5.74) is 16.4. The molecule has 218 valence electrons. The van der Waals surface area contributed by atoms with Crippen molar-refractivity contribution >= 4 is 32.3 Å². The largest absolute Gasteiger partial charge is 0.0622 e. The summed E-state index contributed by atoms with van der Waals surface area (Å²) in [7, 11) is 0. The average molecular weight is 587 g/mol. The highest BCUT2D eigenvalue weighted by molar-refractivity contribution is 6.27. The molecule has 8 aromatic rings. The second-order valence-corrected chi connectivity index (χ2v) is 14.5. The Morgan fingerprint density at radius 1 is 0.326 bits per heavy atom. The van der Waals surface area contributed by atoms with Gasteiger partial charge < -0.3 is 0 Å². The molecular weight excluding hydrogens is 553 g/mol. The zero-order chi connectivity index (χ0) is 30.9. The summed E-state index contributed by atoms with van der Waals surface area (Å²) in [6, 6.07) is 50.6. The normalized spacial score (nSPS) is 15.3. The van der Waals surface area contributed by atoms with E-state index in [-0.39, 0.29) is 10.8 Å². The zero-order valence-corrected chi connectivity index (χ0v) is 26.7. The second kappa shape index (κ2) is 8.74. The summed E-state index contributed by atoms with van der Waals surface area (Å²) in [5.74, 6) is 0. The van der Waals surface area contributed by atoms with Crippen molar-refractivity contribution in [1.29, 1.82) is 0 Å². The number of hydrogen-bond donors (Lipinski definition) is 0. The monoisotopic (exact) mass is 586 g/mol. The molecule has 2 aliphatic rings. The van der Waals surface area contributed by atoms with Gasteiger partial charge in [0.25, 0.3) is 0 Å². The maximum absolute atomic E-state index is 2.53. The highest BCUT2D eigenvalue weighted by Gasteiger charge is 2.41. The molecule has 0 unspecified atom stereocenters.